The van der Waals surface area contributed by atoms with Crippen molar-refractivity contribution in [3.05, 3.63) is 57.5 Å². The van der Waals surface area contributed by atoms with Crippen molar-refractivity contribution in [1.29, 1.82) is 0 Å². The van der Waals surface area contributed by atoms with Crippen LogP contribution in [0.25, 0.3) is 0 Å². The molecule has 0 saturated carbocycles. The number of benzene rings is 1. The van der Waals surface area contributed by atoms with Crippen LogP contribution >= 0.6 is 11.3 Å². The molecule has 2 unspecified atom stereocenters. The summed E-state index contributed by atoms with van der Waals surface area (Å²) in [6, 6.07) is 6.24. The maximum Gasteiger partial charge on any atom is 0.315 e. The van der Waals surface area contributed by atoms with Crippen LogP contribution in [0.1, 0.15) is 36.1 Å². The predicted octanol–water partition coefficient (Wildman–Crippen LogP) is 3.08. The summed E-state index contributed by atoms with van der Waals surface area (Å²) in [7, 11) is 0. The van der Waals surface area contributed by atoms with Gasteiger partial charge >= 0.3 is 6.03 Å². The average Bonchev–Trinajstić information content (AvgIpc) is 3.17. The molecule has 1 aromatic heterocycles. The number of carbonyl (C=O) groups excluding carboxylic acids is 1. The van der Waals surface area contributed by atoms with Crippen LogP contribution < -0.4 is 10.6 Å². The van der Waals surface area contributed by atoms with Crippen LogP contribution in [0, 0.1) is 5.82 Å². The Morgan fingerprint density at radius 3 is 3.04 bits per heavy atom. The molecule has 2 aromatic rings. The lowest BCUT2D eigenvalue weighted by Crippen LogP contribution is -2.44. The fourth-order valence-electron chi connectivity index (χ4n) is 2.89. The van der Waals surface area contributed by atoms with E-state index in [9.17, 15) is 14.3 Å². The maximum absolute atomic E-state index is 13.7. The fraction of sp³-hybridized carbons (Fsp3) is 0.353. The second-order valence-electron chi connectivity index (χ2n) is 6.01. The predicted molar refractivity (Wildman–Crippen MR) is 87.9 cm³/mol. The van der Waals surface area contributed by atoms with Crippen LogP contribution in [-0.2, 0) is 12.0 Å². The van der Waals surface area contributed by atoms with Gasteiger partial charge in [-0.3, -0.25) is 0 Å². The Morgan fingerprint density at radius 2 is 2.30 bits per heavy atom. The molecule has 0 bridgehead atoms. The first-order chi connectivity index (χ1) is 11.0. The number of nitrogens with one attached hydrogen (secondary N) is 2. The smallest absolute Gasteiger partial charge is 0.315 e. The number of hydrogen-bond donors (Lipinski definition) is 3. The van der Waals surface area contributed by atoms with Gasteiger partial charge in [0, 0.05) is 0 Å². The summed E-state index contributed by atoms with van der Waals surface area (Å²) in [4.78, 5) is 12.1. The summed E-state index contributed by atoms with van der Waals surface area (Å²) in [6.45, 7) is 1.77. The Balaban J connectivity index is 1.58. The van der Waals surface area contributed by atoms with Crippen LogP contribution in [0.4, 0.5) is 9.18 Å². The number of aliphatic hydroxyl groups is 1. The van der Waals surface area contributed by atoms with Crippen molar-refractivity contribution in [2.24, 2.45) is 0 Å². The molecule has 1 heterocycles. The molecular formula is C17H19FN2O2S. The molecular weight excluding hydrogens is 315 g/mol. The van der Waals surface area contributed by atoms with Crippen LogP contribution in [-0.4, -0.2) is 17.7 Å². The molecule has 0 saturated heterocycles. The van der Waals surface area contributed by atoms with Gasteiger partial charge in [-0.1, -0.05) is 12.1 Å². The summed E-state index contributed by atoms with van der Waals surface area (Å²) in [5.74, 6) is -0.215. The number of fused-ring (bicyclic) bond motifs is 1. The van der Waals surface area contributed by atoms with Crippen molar-refractivity contribution in [3.8, 4) is 0 Å². The molecule has 0 aliphatic heterocycles. The largest absolute Gasteiger partial charge is 0.384 e. The van der Waals surface area contributed by atoms with Crippen LogP contribution in [0.15, 0.2) is 35.0 Å². The SMILES string of the molecule is CC(O)(CNC(=O)NC1CCc2c(F)cccc21)c1ccsc1. The average molecular weight is 334 g/mol. The van der Waals surface area contributed by atoms with Gasteiger partial charge in [-0.25, -0.2) is 9.18 Å². The van der Waals surface area contributed by atoms with Crippen molar-refractivity contribution < 1.29 is 14.3 Å². The van der Waals surface area contributed by atoms with Crippen LogP contribution in [0.5, 0.6) is 0 Å². The minimum Gasteiger partial charge on any atom is -0.384 e. The molecule has 1 aromatic carbocycles. The van der Waals surface area contributed by atoms with Gasteiger partial charge in [0.1, 0.15) is 11.4 Å². The fourth-order valence-corrected chi connectivity index (χ4v) is 3.68. The van der Waals surface area contributed by atoms with Gasteiger partial charge in [0.2, 0.25) is 0 Å². The zero-order valence-corrected chi connectivity index (χ0v) is 13.6. The van der Waals surface area contributed by atoms with E-state index in [0.717, 1.165) is 11.1 Å². The van der Waals surface area contributed by atoms with Crippen molar-refractivity contribution >= 4 is 17.4 Å². The molecule has 2 amide bonds. The lowest BCUT2D eigenvalue weighted by molar-refractivity contribution is 0.0597. The Bertz CT molecular complexity index is 701. The first-order valence-corrected chi connectivity index (χ1v) is 8.48. The Hall–Kier alpha value is -1.92. The molecule has 0 fully saturated rings. The van der Waals surface area contributed by atoms with E-state index >= 15 is 0 Å². The molecule has 6 heteroatoms. The molecule has 0 radical (unpaired) electrons. The summed E-state index contributed by atoms with van der Waals surface area (Å²) in [5.41, 5.74) is 1.18. The number of halogens is 1. The number of urea groups is 1. The third-order valence-corrected chi connectivity index (χ3v) is 4.94. The maximum atomic E-state index is 13.7. The summed E-state index contributed by atoms with van der Waals surface area (Å²) in [6.07, 6.45) is 1.31. The topological polar surface area (TPSA) is 61.4 Å². The Morgan fingerprint density at radius 1 is 1.48 bits per heavy atom. The molecule has 1 aliphatic rings. The summed E-state index contributed by atoms with van der Waals surface area (Å²) < 4.78 is 13.7. The molecule has 3 rings (SSSR count). The Kier molecular flexibility index (Phi) is 4.37. The first-order valence-electron chi connectivity index (χ1n) is 7.54. The third kappa shape index (κ3) is 3.38. The van der Waals surface area contributed by atoms with Crippen LogP contribution in [0.2, 0.25) is 0 Å². The number of rotatable bonds is 4. The number of amides is 2. The second kappa shape index (κ2) is 6.29. The van der Waals surface area contributed by atoms with Crippen molar-refractivity contribution in [1.82, 2.24) is 10.6 Å². The molecule has 3 N–H and O–H groups in total. The molecule has 2 atom stereocenters. The van der Waals surface area contributed by atoms with E-state index in [-0.39, 0.29) is 24.4 Å². The van der Waals surface area contributed by atoms with Gasteiger partial charge in [0.05, 0.1) is 12.6 Å². The standard InChI is InChI=1S/C17H19FN2O2S/c1-17(22,11-7-8-23-9-11)10-19-16(21)20-15-6-5-12-13(15)3-2-4-14(12)18/h2-4,7-9,15,22H,5-6,10H2,1H3,(H2,19,20,21). The molecule has 0 spiro atoms. The lowest BCUT2D eigenvalue weighted by atomic mass is 9.99. The van der Waals surface area contributed by atoms with Gasteiger partial charge in [0.15, 0.2) is 0 Å². The molecule has 122 valence electrons. The highest BCUT2D eigenvalue weighted by Crippen LogP contribution is 2.32. The monoisotopic (exact) mass is 334 g/mol. The third-order valence-electron chi connectivity index (χ3n) is 4.26. The molecule has 1 aliphatic carbocycles. The summed E-state index contributed by atoms with van der Waals surface area (Å²) >= 11 is 1.50. The van der Waals surface area contributed by atoms with Gasteiger partial charge in [-0.05, 0) is 59.3 Å². The summed E-state index contributed by atoms with van der Waals surface area (Å²) in [5, 5.41) is 19.7. The van der Waals surface area contributed by atoms with E-state index in [1.54, 1.807) is 13.0 Å². The number of carbonyl (C=O) groups is 1. The van der Waals surface area contributed by atoms with Gasteiger partial charge in [-0.2, -0.15) is 11.3 Å². The van der Waals surface area contributed by atoms with Gasteiger partial charge < -0.3 is 15.7 Å². The zero-order valence-electron chi connectivity index (χ0n) is 12.8. The number of thiophene rings is 1. The minimum absolute atomic E-state index is 0.109. The van der Waals surface area contributed by atoms with E-state index in [0.29, 0.717) is 18.4 Å². The first kappa shape index (κ1) is 16.0. The van der Waals surface area contributed by atoms with Crippen molar-refractivity contribution in [3.63, 3.8) is 0 Å². The molecule has 4 nitrogen and oxygen atoms in total. The normalized spacial score (nSPS) is 19.0. The number of hydrogen-bond acceptors (Lipinski definition) is 3. The Labute approximate surface area is 138 Å². The van der Waals surface area contributed by atoms with Crippen LogP contribution in [0.3, 0.4) is 0 Å². The van der Waals surface area contributed by atoms with E-state index in [1.165, 1.54) is 17.4 Å². The van der Waals surface area contributed by atoms with Gasteiger partial charge in [0.25, 0.3) is 0 Å². The van der Waals surface area contributed by atoms with Crippen molar-refractivity contribution in [2.75, 3.05) is 6.54 Å². The van der Waals surface area contributed by atoms with E-state index in [4.69, 9.17) is 0 Å². The second-order valence-corrected chi connectivity index (χ2v) is 6.79. The quantitative estimate of drug-likeness (QED) is 0.805. The minimum atomic E-state index is -1.11. The van der Waals surface area contributed by atoms with Crippen molar-refractivity contribution in [2.45, 2.75) is 31.4 Å². The van der Waals surface area contributed by atoms with Gasteiger partial charge in [-0.15, -0.1) is 0 Å². The van der Waals surface area contributed by atoms with E-state index in [2.05, 4.69) is 10.6 Å². The van der Waals surface area contributed by atoms with E-state index in [1.807, 2.05) is 22.9 Å². The molecule has 23 heavy (non-hydrogen) atoms. The zero-order chi connectivity index (χ0) is 16.4. The lowest BCUT2D eigenvalue weighted by Gasteiger charge is -2.23. The highest BCUT2D eigenvalue weighted by atomic mass is 32.1. The highest BCUT2D eigenvalue weighted by molar-refractivity contribution is 7.08. The highest BCUT2D eigenvalue weighted by Gasteiger charge is 2.28. The van der Waals surface area contributed by atoms with E-state index < -0.39 is 5.60 Å².